The lowest BCUT2D eigenvalue weighted by molar-refractivity contribution is -0.136. The van der Waals surface area contributed by atoms with Gasteiger partial charge in [-0.3, -0.25) is 4.79 Å². The van der Waals surface area contributed by atoms with Gasteiger partial charge in [0.1, 0.15) is 6.04 Å². The van der Waals surface area contributed by atoms with Crippen molar-refractivity contribution in [2.24, 2.45) is 11.7 Å². The number of piperidine rings is 1. The van der Waals surface area contributed by atoms with E-state index in [0.29, 0.717) is 12.0 Å². The summed E-state index contributed by atoms with van der Waals surface area (Å²) in [5, 5.41) is 0. The van der Waals surface area contributed by atoms with Gasteiger partial charge in [0.05, 0.1) is 6.61 Å². The average molecular weight is 257 g/mol. The quantitative estimate of drug-likeness (QED) is 0.761. The van der Waals surface area contributed by atoms with E-state index in [1.165, 1.54) is 0 Å². The number of amides is 1. The largest absolute Gasteiger partial charge is 0.383 e. The molecule has 5 nitrogen and oxygen atoms in total. The molecule has 1 saturated heterocycles. The van der Waals surface area contributed by atoms with Gasteiger partial charge < -0.3 is 20.3 Å². The summed E-state index contributed by atoms with van der Waals surface area (Å²) in [6.07, 6.45) is 1.02. The van der Waals surface area contributed by atoms with Crippen LogP contribution in [0.3, 0.4) is 0 Å². The van der Waals surface area contributed by atoms with Crippen LogP contribution < -0.4 is 5.73 Å². The lowest BCUT2D eigenvalue weighted by Gasteiger charge is -2.41. The molecule has 18 heavy (non-hydrogen) atoms. The number of likely N-dealkylation sites (tertiary alicyclic amines) is 1. The number of ether oxygens (including phenoxy) is 1. The van der Waals surface area contributed by atoms with Crippen molar-refractivity contribution in [3.63, 3.8) is 0 Å². The maximum atomic E-state index is 12.1. The number of hydrogen-bond donors (Lipinski definition) is 1. The zero-order valence-corrected chi connectivity index (χ0v) is 12.1. The number of rotatable bonds is 5. The molecule has 1 aliphatic heterocycles. The van der Waals surface area contributed by atoms with Gasteiger partial charge in [-0.1, -0.05) is 13.8 Å². The van der Waals surface area contributed by atoms with Crippen LogP contribution in [0.5, 0.6) is 0 Å². The molecule has 1 fully saturated rings. The van der Waals surface area contributed by atoms with Crippen LogP contribution in [0.2, 0.25) is 0 Å². The van der Waals surface area contributed by atoms with E-state index in [4.69, 9.17) is 10.5 Å². The van der Waals surface area contributed by atoms with Gasteiger partial charge in [0.2, 0.25) is 5.91 Å². The minimum Gasteiger partial charge on any atom is -0.383 e. The predicted molar refractivity (Wildman–Crippen MR) is 72.3 cm³/mol. The van der Waals surface area contributed by atoms with Gasteiger partial charge in [0, 0.05) is 33.3 Å². The third kappa shape index (κ3) is 3.67. The van der Waals surface area contributed by atoms with Crippen LogP contribution in [0.25, 0.3) is 0 Å². The highest BCUT2D eigenvalue weighted by Gasteiger charge is 2.32. The molecule has 0 aromatic carbocycles. The Bertz CT molecular complexity index is 273. The molecule has 0 aromatic rings. The predicted octanol–water partition coefficient (Wildman–Crippen LogP) is 0.149. The monoisotopic (exact) mass is 257 g/mol. The summed E-state index contributed by atoms with van der Waals surface area (Å²) in [4.78, 5) is 16.4. The summed E-state index contributed by atoms with van der Waals surface area (Å²) in [5.41, 5.74) is 5.81. The molecule has 1 heterocycles. The Hall–Kier alpha value is -0.650. The molecule has 0 bridgehead atoms. The zero-order valence-electron chi connectivity index (χ0n) is 12.1. The Morgan fingerprint density at radius 2 is 2.28 bits per heavy atom. The molecule has 0 aliphatic carbocycles. The van der Waals surface area contributed by atoms with Crippen molar-refractivity contribution >= 4 is 5.91 Å². The Kier molecular flexibility index (Phi) is 6.05. The minimum atomic E-state index is -0.545. The Morgan fingerprint density at radius 3 is 2.78 bits per heavy atom. The fourth-order valence-electron chi connectivity index (χ4n) is 2.76. The molecule has 106 valence electrons. The summed E-state index contributed by atoms with van der Waals surface area (Å²) in [5.74, 6) is 0.473. The normalized spacial score (nSPS) is 26.9. The summed E-state index contributed by atoms with van der Waals surface area (Å²) >= 11 is 0. The van der Waals surface area contributed by atoms with Crippen LogP contribution in [0.1, 0.15) is 20.3 Å². The number of nitrogens with two attached hydrogens (primary N) is 1. The van der Waals surface area contributed by atoms with Crippen molar-refractivity contribution in [2.75, 3.05) is 40.4 Å². The van der Waals surface area contributed by atoms with Crippen molar-refractivity contribution in [3.8, 4) is 0 Å². The standard InChI is InChI=1S/C13H27N3O2/c1-5-16-7-6-12(10(2)8-16)15(3)13(17)11(14)9-18-4/h10-12H,5-9,14H2,1-4H3. The minimum absolute atomic E-state index is 0.0151. The van der Waals surface area contributed by atoms with E-state index >= 15 is 0 Å². The van der Waals surface area contributed by atoms with Crippen molar-refractivity contribution in [1.82, 2.24) is 9.80 Å². The van der Waals surface area contributed by atoms with E-state index in [1.54, 1.807) is 7.11 Å². The topological polar surface area (TPSA) is 58.8 Å². The van der Waals surface area contributed by atoms with Crippen LogP contribution in [0.4, 0.5) is 0 Å². The van der Waals surface area contributed by atoms with E-state index in [2.05, 4.69) is 18.7 Å². The first-order valence-corrected chi connectivity index (χ1v) is 6.74. The number of nitrogens with zero attached hydrogens (tertiary/aromatic N) is 2. The summed E-state index contributed by atoms with van der Waals surface area (Å²) in [6.45, 7) is 7.86. The third-order valence-corrected chi connectivity index (χ3v) is 3.90. The molecule has 1 aliphatic rings. The van der Waals surface area contributed by atoms with Crippen LogP contribution in [-0.2, 0) is 9.53 Å². The smallest absolute Gasteiger partial charge is 0.241 e. The number of methoxy groups -OCH3 is 1. The van der Waals surface area contributed by atoms with E-state index in [1.807, 2.05) is 11.9 Å². The number of likely N-dealkylation sites (N-methyl/N-ethyl adjacent to an activating group) is 1. The van der Waals surface area contributed by atoms with Gasteiger partial charge in [-0.25, -0.2) is 0 Å². The van der Waals surface area contributed by atoms with Gasteiger partial charge >= 0.3 is 0 Å². The van der Waals surface area contributed by atoms with Gasteiger partial charge in [-0.05, 0) is 18.9 Å². The van der Waals surface area contributed by atoms with Crippen LogP contribution >= 0.6 is 0 Å². The summed E-state index contributed by atoms with van der Waals surface area (Å²) < 4.78 is 4.94. The van der Waals surface area contributed by atoms with Crippen LogP contribution in [0.15, 0.2) is 0 Å². The first kappa shape index (κ1) is 15.4. The Morgan fingerprint density at radius 1 is 1.61 bits per heavy atom. The maximum Gasteiger partial charge on any atom is 0.241 e. The second-order valence-electron chi connectivity index (χ2n) is 5.24. The molecule has 1 rings (SSSR count). The molecule has 5 heteroatoms. The highest BCUT2D eigenvalue weighted by Crippen LogP contribution is 2.21. The first-order valence-electron chi connectivity index (χ1n) is 6.74. The third-order valence-electron chi connectivity index (χ3n) is 3.90. The van der Waals surface area contributed by atoms with E-state index < -0.39 is 6.04 Å². The molecule has 3 unspecified atom stereocenters. The maximum absolute atomic E-state index is 12.1. The second-order valence-corrected chi connectivity index (χ2v) is 5.24. The zero-order chi connectivity index (χ0) is 13.7. The van der Waals surface area contributed by atoms with Crippen molar-refractivity contribution < 1.29 is 9.53 Å². The van der Waals surface area contributed by atoms with E-state index in [-0.39, 0.29) is 12.5 Å². The van der Waals surface area contributed by atoms with Crippen molar-refractivity contribution in [2.45, 2.75) is 32.4 Å². The highest BCUT2D eigenvalue weighted by molar-refractivity contribution is 5.81. The lowest BCUT2D eigenvalue weighted by Crippen LogP contribution is -2.54. The average Bonchev–Trinajstić information content (AvgIpc) is 2.37. The fraction of sp³-hybridized carbons (Fsp3) is 0.923. The fourth-order valence-corrected chi connectivity index (χ4v) is 2.76. The Balaban J connectivity index is 2.56. The molecule has 2 N–H and O–H groups in total. The van der Waals surface area contributed by atoms with E-state index in [9.17, 15) is 4.79 Å². The molecule has 3 atom stereocenters. The molecule has 0 saturated carbocycles. The molecular weight excluding hydrogens is 230 g/mol. The lowest BCUT2D eigenvalue weighted by atomic mass is 9.92. The van der Waals surface area contributed by atoms with Crippen molar-refractivity contribution in [3.05, 3.63) is 0 Å². The highest BCUT2D eigenvalue weighted by atomic mass is 16.5. The molecule has 0 radical (unpaired) electrons. The molecular formula is C13H27N3O2. The number of carbonyl (C=O) groups excluding carboxylic acids is 1. The SMILES string of the molecule is CCN1CCC(N(C)C(=O)C(N)COC)C(C)C1. The van der Waals surface area contributed by atoms with Gasteiger partial charge in [-0.15, -0.1) is 0 Å². The van der Waals surface area contributed by atoms with E-state index in [0.717, 1.165) is 26.1 Å². The molecule has 0 spiro atoms. The van der Waals surface area contributed by atoms with Gasteiger partial charge in [0.15, 0.2) is 0 Å². The van der Waals surface area contributed by atoms with Crippen LogP contribution in [-0.4, -0.2) is 68.2 Å². The Labute approximate surface area is 110 Å². The summed E-state index contributed by atoms with van der Waals surface area (Å²) in [7, 11) is 3.43. The van der Waals surface area contributed by atoms with Crippen molar-refractivity contribution in [1.29, 1.82) is 0 Å². The molecule has 1 amide bonds. The van der Waals surface area contributed by atoms with Gasteiger partial charge in [-0.2, -0.15) is 0 Å². The first-order chi connectivity index (χ1) is 8.51. The second kappa shape index (κ2) is 7.07. The van der Waals surface area contributed by atoms with Gasteiger partial charge in [0.25, 0.3) is 0 Å². The van der Waals surface area contributed by atoms with Crippen LogP contribution in [0, 0.1) is 5.92 Å². The molecule has 0 aromatic heterocycles. The number of hydrogen-bond acceptors (Lipinski definition) is 4. The number of carbonyl (C=O) groups is 1. The summed E-state index contributed by atoms with van der Waals surface area (Å²) in [6, 6.07) is -0.250.